The summed E-state index contributed by atoms with van der Waals surface area (Å²) in [6.07, 6.45) is 24.7. The first-order chi connectivity index (χ1) is 16.0. The van der Waals surface area contributed by atoms with Crippen molar-refractivity contribution in [1.29, 1.82) is 0 Å². The van der Waals surface area contributed by atoms with Gasteiger partial charge in [-0.15, -0.1) is 0 Å². The van der Waals surface area contributed by atoms with E-state index >= 15 is 0 Å². The second-order valence-electron chi connectivity index (χ2n) is 9.37. The topological polar surface area (TPSA) is 82.1 Å². The third kappa shape index (κ3) is 29.8. The zero-order valence-corrected chi connectivity index (χ0v) is 22.6. The van der Waals surface area contributed by atoms with Gasteiger partial charge < -0.3 is 14.2 Å². The van der Waals surface area contributed by atoms with E-state index in [9.17, 15) is 8.42 Å². The summed E-state index contributed by atoms with van der Waals surface area (Å²) >= 11 is 0. The van der Waals surface area contributed by atoms with Crippen LogP contribution in [0.15, 0.2) is 0 Å². The Morgan fingerprint density at radius 1 is 0.606 bits per heavy atom. The molecule has 0 bridgehead atoms. The van der Waals surface area contributed by atoms with Crippen LogP contribution in [0.25, 0.3) is 0 Å². The highest BCUT2D eigenvalue weighted by molar-refractivity contribution is 7.85. The largest absolute Gasteiger partial charge is 0.376 e. The lowest BCUT2D eigenvalue weighted by molar-refractivity contribution is -0.0211. The molecule has 0 aromatic carbocycles. The predicted molar refractivity (Wildman–Crippen MR) is 137 cm³/mol. The van der Waals surface area contributed by atoms with Crippen LogP contribution in [0.5, 0.6) is 0 Å². The van der Waals surface area contributed by atoms with Crippen molar-refractivity contribution in [2.24, 2.45) is 0 Å². The van der Waals surface area contributed by atoms with Crippen LogP contribution in [-0.4, -0.2) is 51.4 Å². The van der Waals surface area contributed by atoms with Crippen molar-refractivity contribution < 1.29 is 27.2 Å². The van der Waals surface area contributed by atoms with Crippen LogP contribution < -0.4 is 0 Å². The molecule has 0 rings (SSSR count). The highest BCUT2D eigenvalue weighted by Crippen LogP contribution is 2.14. The number of ether oxygens (including phenoxy) is 3. The van der Waals surface area contributed by atoms with Crippen LogP contribution in [0.2, 0.25) is 0 Å². The molecule has 6 nitrogen and oxygen atoms in total. The van der Waals surface area contributed by atoms with E-state index < -0.39 is 16.1 Å². The Morgan fingerprint density at radius 2 is 1.00 bits per heavy atom. The molecule has 1 atom stereocenters. The lowest BCUT2D eigenvalue weighted by Gasteiger charge is -2.13. The average molecular weight is 495 g/mol. The van der Waals surface area contributed by atoms with E-state index in [0.29, 0.717) is 6.61 Å². The van der Waals surface area contributed by atoms with Gasteiger partial charge in [0, 0.05) is 6.61 Å². The second-order valence-corrected chi connectivity index (χ2v) is 10.8. The lowest BCUT2D eigenvalue weighted by Crippen LogP contribution is -2.19. The summed E-state index contributed by atoms with van der Waals surface area (Å²) in [6, 6.07) is 0. The molecule has 0 aromatic rings. The molecular formula is C26H54O6S. The molecule has 0 heterocycles. The minimum Gasteiger partial charge on any atom is -0.376 e. The highest BCUT2D eigenvalue weighted by Gasteiger charge is 2.05. The first-order valence-electron chi connectivity index (χ1n) is 13.7. The van der Waals surface area contributed by atoms with E-state index in [1.54, 1.807) is 0 Å². The Bertz CT molecular complexity index is 483. The summed E-state index contributed by atoms with van der Waals surface area (Å²) in [7, 11) is -4.07. The number of hydrogen-bond acceptors (Lipinski definition) is 5. The maximum absolute atomic E-state index is 10.5. The van der Waals surface area contributed by atoms with Crippen molar-refractivity contribution in [1.82, 2.24) is 0 Å². The Morgan fingerprint density at radius 3 is 1.42 bits per heavy atom. The fraction of sp³-hybridized carbons (Fsp3) is 1.00. The highest BCUT2D eigenvalue weighted by atomic mass is 32.2. The molecule has 0 aliphatic rings. The first-order valence-corrected chi connectivity index (χ1v) is 15.3. The van der Waals surface area contributed by atoms with E-state index in [1.807, 2.05) is 6.92 Å². The molecule has 33 heavy (non-hydrogen) atoms. The smallest absolute Gasteiger partial charge is 0.289 e. The van der Waals surface area contributed by atoms with Gasteiger partial charge in [-0.2, -0.15) is 8.42 Å². The van der Waals surface area contributed by atoms with Gasteiger partial charge in [-0.3, -0.25) is 4.55 Å². The summed E-state index contributed by atoms with van der Waals surface area (Å²) in [5.41, 5.74) is 0. The van der Waals surface area contributed by atoms with Gasteiger partial charge in [0.05, 0.1) is 25.9 Å². The zero-order valence-electron chi connectivity index (χ0n) is 21.7. The van der Waals surface area contributed by atoms with Gasteiger partial charge in [0.25, 0.3) is 10.1 Å². The predicted octanol–water partition coefficient (Wildman–Crippen LogP) is 7.31. The molecule has 0 spiro atoms. The zero-order chi connectivity index (χ0) is 24.5. The molecule has 0 aliphatic heterocycles. The van der Waals surface area contributed by atoms with Gasteiger partial charge in [0.1, 0.15) is 0 Å². The van der Waals surface area contributed by atoms with Gasteiger partial charge in [-0.25, -0.2) is 0 Å². The monoisotopic (exact) mass is 494 g/mol. The average Bonchev–Trinajstić information content (AvgIpc) is 2.77. The van der Waals surface area contributed by atoms with Gasteiger partial charge in [-0.05, 0) is 13.3 Å². The minimum absolute atomic E-state index is 0.0115. The normalized spacial score (nSPS) is 12.9. The first kappa shape index (κ1) is 32.8. The summed E-state index contributed by atoms with van der Waals surface area (Å²) in [5.74, 6) is -0.693. The Hall–Kier alpha value is -0.210. The molecule has 0 saturated carbocycles. The number of hydrogen-bond donors (Lipinski definition) is 1. The van der Waals surface area contributed by atoms with Gasteiger partial charge in [-0.1, -0.05) is 116 Å². The van der Waals surface area contributed by atoms with Crippen molar-refractivity contribution in [2.75, 3.05) is 32.4 Å². The van der Waals surface area contributed by atoms with E-state index in [-0.39, 0.29) is 19.3 Å². The van der Waals surface area contributed by atoms with Crippen LogP contribution in [0.1, 0.15) is 129 Å². The molecule has 0 fully saturated rings. The molecule has 1 N–H and O–H groups in total. The third-order valence-corrected chi connectivity index (χ3v) is 6.32. The number of unbranched alkanes of at least 4 members (excludes halogenated alkanes) is 17. The molecule has 0 aromatic heterocycles. The third-order valence-electron chi connectivity index (χ3n) is 5.86. The number of rotatable bonds is 27. The van der Waals surface area contributed by atoms with E-state index in [0.717, 1.165) is 13.0 Å². The van der Waals surface area contributed by atoms with Crippen LogP contribution in [0, 0.1) is 0 Å². The molecule has 0 amide bonds. The van der Waals surface area contributed by atoms with Crippen molar-refractivity contribution in [3.8, 4) is 0 Å². The molecule has 1 unspecified atom stereocenters. The SMILES string of the molecule is CCCCCCCCCCCCCCCCCCCCOC(C)COCCOCS(=O)(=O)O. The summed E-state index contributed by atoms with van der Waals surface area (Å²) in [4.78, 5) is 0. The molecule has 0 saturated heterocycles. The maximum atomic E-state index is 10.5. The van der Waals surface area contributed by atoms with Crippen molar-refractivity contribution >= 4 is 10.1 Å². The summed E-state index contributed by atoms with van der Waals surface area (Å²) in [6.45, 7) is 5.86. The van der Waals surface area contributed by atoms with Crippen molar-refractivity contribution in [3.05, 3.63) is 0 Å². The standard InChI is InChI=1S/C26H54O6S/c1-3-4-5-6-7-8-9-10-11-12-13-14-15-16-17-18-19-20-21-32-26(2)24-30-22-23-31-25-33(27,28)29/h26H,3-25H2,1-2H3,(H,27,28,29). The van der Waals surface area contributed by atoms with E-state index in [2.05, 4.69) is 6.92 Å². The van der Waals surface area contributed by atoms with Gasteiger partial charge in [0.15, 0.2) is 5.94 Å². The van der Waals surface area contributed by atoms with Crippen molar-refractivity contribution in [3.63, 3.8) is 0 Å². The Balaban J connectivity index is 3.16. The Labute approximate surface area is 205 Å². The fourth-order valence-corrected chi connectivity index (χ4v) is 4.20. The van der Waals surface area contributed by atoms with E-state index in [1.165, 1.54) is 109 Å². The second kappa shape index (κ2) is 24.9. The van der Waals surface area contributed by atoms with Crippen LogP contribution >= 0.6 is 0 Å². The van der Waals surface area contributed by atoms with Gasteiger partial charge in [0.2, 0.25) is 0 Å². The summed E-state index contributed by atoms with van der Waals surface area (Å²) in [5, 5.41) is 0. The molecular weight excluding hydrogens is 440 g/mol. The van der Waals surface area contributed by atoms with Crippen LogP contribution in [-0.2, 0) is 24.3 Å². The van der Waals surface area contributed by atoms with Gasteiger partial charge >= 0.3 is 0 Å². The van der Waals surface area contributed by atoms with Crippen LogP contribution in [0.4, 0.5) is 0 Å². The molecule has 7 heteroatoms. The van der Waals surface area contributed by atoms with Crippen molar-refractivity contribution in [2.45, 2.75) is 136 Å². The molecule has 200 valence electrons. The van der Waals surface area contributed by atoms with E-state index in [4.69, 9.17) is 18.8 Å². The molecule has 0 aliphatic carbocycles. The maximum Gasteiger partial charge on any atom is 0.289 e. The quantitative estimate of drug-likeness (QED) is 0.0952. The van der Waals surface area contributed by atoms with Crippen LogP contribution in [0.3, 0.4) is 0 Å². The minimum atomic E-state index is -4.07. The fourth-order valence-electron chi connectivity index (χ4n) is 3.87. The lowest BCUT2D eigenvalue weighted by atomic mass is 10.0. The summed E-state index contributed by atoms with van der Waals surface area (Å²) < 4.78 is 45.4. The molecule has 0 radical (unpaired) electrons. The Kier molecular flexibility index (Phi) is 24.7.